The van der Waals surface area contributed by atoms with Crippen molar-refractivity contribution in [3.05, 3.63) is 90.3 Å². The van der Waals surface area contributed by atoms with E-state index in [1.165, 1.54) is 24.5 Å². The van der Waals surface area contributed by atoms with Crippen LogP contribution in [0.15, 0.2) is 84.2 Å². The van der Waals surface area contributed by atoms with Crippen LogP contribution < -0.4 is 10.2 Å². The zero-order chi connectivity index (χ0) is 19.1. The number of hydrogen-bond acceptors (Lipinski definition) is 5. The average molecular weight is 361 g/mol. The molecule has 0 aliphatic heterocycles. The number of nitrogens with zero attached hydrogens (tertiary/aromatic N) is 2. The Kier molecular flexibility index (Phi) is 5.54. The standard InChI is InChI=1S/C20H15N3O4/c24-19(15-10-12-21-13-11-15)23-22-18(20(25)26)14-6-8-17(9-7-14)27-16-4-2-1-3-5-16/h1-13H,(H,23,24)(H,25,26). The number of ether oxygens (including phenoxy) is 1. The summed E-state index contributed by atoms with van der Waals surface area (Å²) in [5.41, 5.74) is 2.61. The first kappa shape index (κ1) is 17.8. The lowest BCUT2D eigenvalue weighted by Crippen LogP contribution is -2.24. The fraction of sp³-hybridized carbons (Fsp3) is 0. The molecule has 0 saturated carbocycles. The Morgan fingerprint density at radius 2 is 1.48 bits per heavy atom. The van der Waals surface area contributed by atoms with Gasteiger partial charge in [0.05, 0.1) is 0 Å². The number of aromatic nitrogens is 1. The van der Waals surface area contributed by atoms with Crippen LogP contribution in [0, 0.1) is 0 Å². The van der Waals surface area contributed by atoms with Gasteiger partial charge in [0.2, 0.25) is 0 Å². The molecule has 3 rings (SSSR count). The minimum atomic E-state index is -1.26. The Balaban J connectivity index is 1.74. The highest BCUT2D eigenvalue weighted by Crippen LogP contribution is 2.21. The maximum Gasteiger partial charge on any atom is 0.356 e. The first-order valence-corrected chi connectivity index (χ1v) is 7.98. The zero-order valence-corrected chi connectivity index (χ0v) is 14.1. The summed E-state index contributed by atoms with van der Waals surface area (Å²) < 4.78 is 5.67. The van der Waals surface area contributed by atoms with Crippen molar-refractivity contribution in [1.82, 2.24) is 10.4 Å². The second-order valence-corrected chi connectivity index (χ2v) is 5.38. The van der Waals surface area contributed by atoms with E-state index in [-0.39, 0.29) is 5.71 Å². The fourth-order valence-corrected chi connectivity index (χ4v) is 2.22. The van der Waals surface area contributed by atoms with Gasteiger partial charge >= 0.3 is 5.97 Å². The van der Waals surface area contributed by atoms with E-state index in [1.807, 2.05) is 30.3 Å². The largest absolute Gasteiger partial charge is 0.476 e. The minimum absolute atomic E-state index is 0.288. The minimum Gasteiger partial charge on any atom is -0.476 e. The lowest BCUT2D eigenvalue weighted by molar-refractivity contribution is -0.129. The molecule has 0 aliphatic rings. The predicted octanol–water partition coefficient (Wildman–Crippen LogP) is 3.09. The van der Waals surface area contributed by atoms with Gasteiger partial charge in [0.25, 0.3) is 5.91 Å². The van der Waals surface area contributed by atoms with Gasteiger partial charge in [-0.25, -0.2) is 10.2 Å². The van der Waals surface area contributed by atoms with Gasteiger partial charge in [-0.3, -0.25) is 9.78 Å². The van der Waals surface area contributed by atoms with Crippen molar-refractivity contribution in [2.45, 2.75) is 0 Å². The number of amides is 1. The summed E-state index contributed by atoms with van der Waals surface area (Å²) in [6, 6.07) is 18.6. The SMILES string of the molecule is O=C(O)C(=NNC(=O)c1ccncc1)c1ccc(Oc2ccccc2)cc1. The molecule has 0 fully saturated rings. The van der Waals surface area contributed by atoms with Gasteiger partial charge in [0, 0.05) is 23.5 Å². The van der Waals surface area contributed by atoms with Crippen molar-refractivity contribution in [2.75, 3.05) is 0 Å². The number of carbonyl (C=O) groups excluding carboxylic acids is 1. The highest BCUT2D eigenvalue weighted by atomic mass is 16.5. The number of carbonyl (C=O) groups is 2. The Morgan fingerprint density at radius 1 is 0.852 bits per heavy atom. The molecule has 0 unspecified atom stereocenters. The molecule has 7 heteroatoms. The van der Waals surface area contributed by atoms with Crippen molar-refractivity contribution >= 4 is 17.6 Å². The molecule has 27 heavy (non-hydrogen) atoms. The number of benzene rings is 2. The molecule has 0 saturated heterocycles. The molecule has 1 amide bonds. The Morgan fingerprint density at radius 3 is 2.11 bits per heavy atom. The smallest absolute Gasteiger partial charge is 0.356 e. The monoisotopic (exact) mass is 361 g/mol. The Bertz CT molecular complexity index is 956. The Hall–Kier alpha value is -4.00. The quantitative estimate of drug-likeness (QED) is 0.519. The highest BCUT2D eigenvalue weighted by molar-refractivity contribution is 6.42. The van der Waals surface area contributed by atoms with Gasteiger partial charge in [0.15, 0.2) is 5.71 Å². The molecule has 1 heterocycles. The first-order valence-electron chi connectivity index (χ1n) is 7.98. The van der Waals surface area contributed by atoms with E-state index in [9.17, 15) is 14.7 Å². The van der Waals surface area contributed by atoms with Crippen LogP contribution in [-0.4, -0.2) is 27.7 Å². The lowest BCUT2D eigenvalue weighted by Gasteiger charge is -2.07. The van der Waals surface area contributed by atoms with E-state index in [0.29, 0.717) is 22.6 Å². The number of pyridine rings is 1. The zero-order valence-electron chi connectivity index (χ0n) is 14.1. The van der Waals surface area contributed by atoms with Crippen LogP contribution in [-0.2, 0) is 4.79 Å². The third-order valence-electron chi connectivity index (χ3n) is 3.52. The van der Waals surface area contributed by atoms with Crippen LogP contribution in [0.4, 0.5) is 0 Å². The summed E-state index contributed by atoms with van der Waals surface area (Å²) in [6.07, 6.45) is 2.92. The molecule has 0 bridgehead atoms. The average Bonchev–Trinajstić information content (AvgIpc) is 2.70. The third-order valence-corrected chi connectivity index (χ3v) is 3.52. The molecular weight excluding hydrogens is 346 g/mol. The number of nitrogens with one attached hydrogen (secondary N) is 1. The molecule has 2 N–H and O–H groups in total. The molecule has 3 aromatic rings. The third kappa shape index (κ3) is 4.76. The summed E-state index contributed by atoms with van der Waals surface area (Å²) in [5, 5.41) is 13.1. The van der Waals surface area contributed by atoms with Crippen LogP contribution in [0.5, 0.6) is 11.5 Å². The number of rotatable bonds is 6. The van der Waals surface area contributed by atoms with Crippen molar-refractivity contribution in [1.29, 1.82) is 0 Å². The molecule has 0 atom stereocenters. The van der Waals surface area contributed by atoms with Crippen LogP contribution in [0.1, 0.15) is 15.9 Å². The van der Waals surface area contributed by atoms with Gasteiger partial charge < -0.3 is 9.84 Å². The number of para-hydroxylation sites is 1. The molecule has 1 aromatic heterocycles. The molecule has 134 valence electrons. The molecular formula is C20H15N3O4. The van der Waals surface area contributed by atoms with E-state index in [1.54, 1.807) is 24.3 Å². The molecule has 2 aromatic carbocycles. The molecule has 0 aliphatic carbocycles. The highest BCUT2D eigenvalue weighted by Gasteiger charge is 2.14. The van der Waals surface area contributed by atoms with Crippen LogP contribution in [0.2, 0.25) is 0 Å². The summed E-state index contributed by atoms with van der Waals surface area (Å²) in [7, 11) is 0. The van der Waals surface area contributed by atoms with Crippen LogP contribution in [0.3, 0.4) is 0 Å². The Labute approximate surface area is 155 Å². The number of aliphatic carboxylic acids is 1. The van der Waals surface area contributed by atoms with Crippen molar-refractivity contribution in [2.24, 2.45) is 5.10 Å². The number of hydrazone groups is 1. The van der Waals surface area contributed by atoms with E-state index in [0.717, 1.165) is 0 Å². The second kappa shape index (κ2) is 8.39. The van der Waals surface area contributed by atoms with Crippen LogP contribution in [0.25, 0.3) is 0 Å². The summed E-state index contributed by atoms with van der Waals surface area (Å²) in [6.45, 7) is 0. The van der Waals surface area contributed by atoms with Crippen LogP contribution >= 0.6 is 0 Å². The van der Waals surface area contributed by atoms with E-state index in [4.69, 9.17) is 4.74 Å². The van der Waals surface area contributed by atoms with Crippen molar-refractivity contribution < 1.29 is 19.4 Å². The van der Waals surface area contributed by atoms with Crippen molar-refractivity contribution in [3.63, 3.8) is 0 Å². The predicted molar refractivity (Wildman–Crippen MR) is 98.8 cm³/mol. The van der Waals surface area contributed by atoms with E-state index in [2.05, 4.69) is 15.5 Å². The van der Waals surface area contributed by atoms with Gasteiger partial charge in [0.1, 0.15) is 11.5 Å². The maximum atomic E-state index is 12.0. The second-order valence-electron chi connectivity index (χ2n) is 5.38. The van der Waals surface area contributed by atoms with Gasteiger partial charge in [-0.2, -0.15) is 5.10 Å². The van der Waals surface area contributed by atoms with E-state index >= 15 is 0 Å². The van der Waals surface area contributed by atoms with Gasteiger partial charge in [-0.1, -0.05) is 18.2 Å². The lowest BCUT2D eigenvalue weighted by atomic mass is 10.1. The number of carboxylic acid groups (broad SMARTS) is 1. The summed E-state index contributed by atoms with van der Waals surface area (Å²) >= 11 is 0. The molecule has 0 spiro atoms. The fourth-order valence-electron chi connectivity index (χ4n) is 2.22. The first-order chi connectivity index (χ1) is 13.1. The molecule has 0 radical (unpaired) electrons. The number of hydrogen-bond donors (Lipinski definition) is 2. The summed E-state index contributed by atoms with van der Waals surface area (Å²) in [4.78, 5) is 27.3. The number of carboxylic acids is 1. The maximum absolute atomic E-state index is 12.0. The normalized spacial score (nSPS) is 10.9. The topological polar surface area (TPSA) is 101 Å². The van der Waals surface area contributed by atoms with Crippen molar-refractivity contribution in [3.8, 4) is 11.5 Å². The summed E-state index contributed by atoms with van der Waals surface area (Å²) in [5.74, 6) is -0.570. The van der Waals surface area contributed by atoms with E-state index < -0.39 is 11.9 Å². The van der Waals surface area contributed by atoms with Gasteiger partial charge in [-0.05, 0) is 48.5 Å². The molecule has 7 nitrogen and oxygen atoms in total. The van der Waals surface area contributed by atoms with Gasteiger partial charge in [-0.15, -0.1) is 0 Å².